The lowest BCUT2D eigenvalue weighted by Crippen LogP contribution is -2.42. The van der Waals surface area contributed by atoms with E-state index in [0.717, 1.165) is 70.9 Å². The number of morpholine rings is 1. The monoisotopic (exact) mass is 609 g/mol. The van der Waals surface area contributed by atoms with Gasteiger partial charge in [-0.2, -0.15) is 0 Å². The molecule has 5 aromatic rings. The largest absolute Gasteiger partial charge is 0.478 e. The van der Waals surface area contributed by atoms with Crippen molar-refractivity contribution in [1.29, 1.82) is 0 Å². The molecule has 1 saturated carbocycles. The van der Waals surface area contributed by atoms with Crippen molar-refractivity contribution in [3.05, 3.63) is 89.5 Å². The molecular weight excluding hydrogens is 576 g/mol. The van der Waals surface area contributed by atoms with Gasteiger partial charge in [0, 0.05) is 29.4 Å². The van der Waals surface area contributed by atoms with Crippen LogP contribution in [-0.2, 0) is 16.1 Å². The summed E-state index contributed by atoms with van der Waals surface area (Å²) in [5.41, 5.74) is 5.61. The van der Waals surface area contributed by atoms with E-state index in [1.165, 1.54) is 12.5 Å². The standard InChI is InChI=1S/C36H33F2N3O4/c37-28-11-7-24(19-29(28)38)31-12-8-23-18-25(9-13-30(23)39-31)35-34(22-4-2-1-3-5-22)27-10-6-26(36(43)44)20-32(27)41(35)21-33(42)40-14-16-45-17-15-40/h6-13,18-20,22H,1-5,14-17,21H2,(H,43,44). The van der Waals surface area contributed by atoms with Crippen LogP contribution in [0.15, 0.2) is 66.7 Å². The molecule has 1 N–H and O–H groups in total. The summed E-state index contributed by atoms with van der Waals surface area (Å²) in [5, 5.41) is 11.7. The third-order valence-electron chi connectivity index (χ3n) is 9.20. The lowest BCUT2D eigenvalue weighted by atomic mass is 9.81. The third kappa shape index (κ3) is 5.57. The molecule has 3 heterocycles. The van der Waals surface area contributed by atoms with Gasteiger partial charge in [0.1, 0.15) is 6.54 Å². The summed E-state index contributed by atoms with van der Waals surface area (Å²) in [6.45, 7) is 2.10. The lowest BCUT2D eigenvalue weighted by molar-refractivity contribution is -0.135. The number of ether oxygens (including phenoxy) is 1. The highest BCUT2D eigenvalue weighted by Crippen LogP contribution is 2.45. The Morgan fingerprint density at radius 3 is 2.40 bits per heavy atom. The molecule has 0 spiro atoms. The van der Waals surface area contributed by atoms with E-state index in [1.807, 2.05) is 39.8 Å². The van der Waals surface area contributed by atoms with Crippen LogP contribution in [0, 0.1) is 11.6 Å². The van der Waals surface area contributed by atoms with Gasteiger partial charge in [-0.15, -0.1) is 0 Å². The molecule has 2 fully saturated rings. The first-order chi connectivity index (χ1) is 21.9. The maximum atomic E-state index is 13.9. The molecule has 9 heteroatoms. The van der Waals surface area contributed by atoms with Crippen molar-refractivity contribution in [2.45, 2.75) is 44.6 Å². The van der Waals surface area contributed by atoms with Gasteiger partial charge in [0.25, 0.3) is 0 Å². The number of carboxylic acid groups (broad SMARTS) is 1. The summed E-state index contributed by atoms with van der Waals surface area (Å²) in [5.74, 6) is -2.61. The molecule has 0 bridgehead atoms. The Labute approximate surface area is 259 Å². The molecule has 0 radical (unpaired) electrons. The molecule has 3 aromatic carbocycles. The van der Waals surface area contributed by atoms with Crippen molar-refractivity contribution >= 4 is 33.7 Å². The average Bonchev–Trinajstić information content (AvgIpc) is 3.39. The topological polar surface area (TPSA) is 84.7 Å². The van der Waals surface area contributed by atoms with E-state index in [2.05, 4.69) is 0 Å². The maximum absolute atomic E-state index is 13.9. The predicted octanol–water partition coefficient (Wildman–Crippen LogP) is 7.41. The highest BCUT2D eigenvalue weighted by Gasteiger charge is 2.29. The van der Waals surface area contributed by atoms with E-state index in [9.17, 15) is 23.5 Å². The molecule has 7 rings (SSSR count). The molecule has 7 nitrogen and oxygen atoms in total. The second kappa shape index (κ2) is 12.0. The Morgan fingerprint density at radius 1 is 0.867 bits per heavy atom. The van der Waals surface area contributed by atoms with Crippen molar-refractivity contribution in [3.63, 3.8) is 0 Å². The van der Waals surface area contributed by atoms with Crippen LogP contribution in [0.3, 0.4) is 0 Å². The predicted molar refractivity (Wildman–Crippen MR) is 168 cm³/mol. The van der Waals surface area contributed by atoms with E-state index in [-0.39, 0.29) is 23.9 Å². The second-order valence-corrected chi connectivity index (χ2v) is 11.9. The highest BCUT2D eigenvalue weighted by molar-refractivity contribution is 6.00. The van der Waals surface area contributed by atoms with Crippen LogP contribution in [0.5, 0.6) is 0 Å². The molecule has 1 saturated heterocycles. The molecular formula is C36H33F2N3O4. The van der Waals surface area contributed by atoms with Gasteiger partial charge in [-0.3, -0.25) is 4.79 Å². The molecule has 2 aromatic heterocycles. The number of aromatic nitrogens is 2. The minimum atomic E-state index is -1.02. The number of carbonyl (C=O) groups excluding carboxylic acids is 1. The second-order valence-electron chi connectivity index (χ2n) is 11.9. The molecule has 0 atom stereocenters. The van der Waals surface area contributed by atoms with Gasteiger partial charge in [0.15, 0.2) is 11.6 Å². The number of aromatic carboxylic acids is 1. The van der Waals surface area contributed by atoms with Crippen molar-refractivity contribution < 1.29 is 28.2 Å². The number of carboxylic acids is 1. The van der Waals surface area contributed by atoms with Crippen LogP contribution in [0.25, 0.3) is 44.3 Å². The minimum Gasteiger partial charge on any atom is -0.478 e. The maximum Gasteiger partial charge on any atom is 0.335 e. The number of benzene rings is 3. The zero-order chi connectivity index (χ0) is 31.1. The Morgan fingerprint density at radius 2 is 1.64 bits per heavy atom. The lowest BCUT2D eigenvalue weighted by Gasteiger charge is -2.28. The first-order valence-electron chi connectivity index (χ1n) is 15.5. The minimum absolute atomic E-state index is 0.0361. The van der Waals surface area contributed by atoms with Gasteiger partial charge < -0.3 is 19.3 Å². The van der Waals surface area contributed by atoms with Gasteiger partial charge in [-0.25, -0.2) is 18.6 Å². The molecule has 2 aliphatic rings. The number of carbonyl (C=O) groups is 2. The number of rotatable bonds is 6. The fourth-order valence-corrected chi connectivity index (χ4v) is 6.93. The van der Waals surface area contributed by atoms with Crippen LogP contribution < -0.4 is 0 Å². The van der Waals surface area contributed by atoms with Gasteiger partial charge >= 0.3 is 5.97 Å². The van der Waals surface area contributed by atoms with Gasteiger partial charge in [0.2, 0.25) is 5.91 Å². The van der Waals surface area contributed by atoms with Crippen LogP contribution in [-0.4, -0.2) is 57.7 Å². The number of hydrogen-bond acceptors (Lipinski definition) is 4. The fraction of sp³-hybridized carbons (Fsp3) is 0.306. The van der Waals surface area contributed by atoms with Gasteiger partial charge in [-0.1, -0.05) is 37.5 Å². The summed E-state index contributed by atoms with van der Waals surface area (Å²) in [6.07, 6.45) is 5.47. The Hall–Kier alpha value is -4.63. The van der Waals surface area contributed by atoms with E-state index in [0.29, 0.717) is 43.1 Å². The smallest absolute Gasteiger partial charge is 0.335 e. The number of fused-ring (bicyclic) bond motifs is 2. The molecule has 230 valence electrons. The first-order valence-corrected chi connectivity index (χ1v) is 15.5. The molecule has 1 amide bonds. The number of halogens is 2. The van der Waals surface area contributed by atoms with Gasteiger partial charge in [0.05, 0.1) is 41.2 Å². The van der Waals surface area contributed by atoms with E-state index >= 15 is 0 Å². The van der Waals surface area contributed by atoms with E-state index < -0.39 is 17.6 Å². The summed E-state index contributed by atoms with van der Waals surface area (Å²) in [7, 11) is 0. The third-order valence-corrected chi connectivity index (χ3v) is 9.20. The summed E-state index contributed by atoms with van der Waals surface area (Å²) >= 11 is 0. The molecule has 0 unspecified atom stereocenters. The van der Waals surface area contributed by atoms with Crippen LogP contribution in [0.4, 0.5) is 8.78 Å². The quantitative estimate of drug-likeness (QED) is 0.217. The normalized spacial score (nSPS) is 16.0. The summed E-state index contributed by atoms with van der Waals surface area (Å²) in [4.78, 5) is 32.3. The Bertz CT molecular complexity index is 1940. The number of amides is 1. The van der Waals surface area contributed by atoms with E-state index in [1.54, 1.807) is 18.2 Å². The van der Waals surface area contributed by atoms with E-state index in [4.69, 9.17) is 9.72 Å². The van der Waals surface area contributed by atoms with Crippen molar-refractivity contribution in [2.75, 3.05) is 26.3 Å². The fourth-order valence-electron chi connectivity index (χ4n) is 6.93. The summed E-state index contributed by atoms with van der Waals surface area (Å²) in [6, 6.07) is 18.6. The first kappa shape index (κ1) is 29.1. The summed E-state index contributed by atoms with van der Waals surface area (Å²) < 4.78 is 35.0. The van der Waals surface area contributed by atoms with Crippen molar-refractivity contribution in [3.8, 4) is 22.5 Å². The highest BCUT2D eigenvalue weighted by atomic mass is 19.2. The zero-order valence-corrected chi connectivity index (χ0v) is 24.8. The van der Waals surface area contributed by atoms with Crippen LogP contribution in [0.2, 0.25) is 0 Å². The van der Waals surface area contributed by atoms with Crippen LogP contribution >= 0.6 is 0 Å². The number of hydrogen-bond donors (Lipinski definition) is 1. The molecule has 1 aliphatic heterocycles. The Kier molecular flexibility index (Phi) is 7.79. The number of pyridine rings is 1. The van der Waals surface area contributed by atoms with Crippen molar-refractivity contribution in [2.24, 2.45) is 0 Å². The average molecular weight is 610 g/mol. The Balaban J connectivity index is 1.40. The van der Waals surface area contributed by atoms with Gasteiger partial charge in [-0.05, 0) is 78.4 Å². The molecule has 45 heavy (non-hydrogen) atoms. The zero-order valence-electron chi connectivity index (χ0n) is 24.8. The number of nitrogens with zero attached hydrogens (tertiary/aromatic N) is 3. The molecule has 1 aliphatic carbocycles. The van der Waals surface area contributed by atoms with Crippen LogP contribution in [0.1, 0.15) is 53.9 Å². The SMILES string of the molecule is O=C(O)c1ccc2c(C3CCCCC3)c(-c3ccc4nc(-c5ccc(F)c(F)c5)ccc4c3)n(CC(=O)N3CCOCC3)c2c1. The van der Waals surface area contributed by atoms with Crippen molar-refractivity contribution in [1.82, 2.24) is 14.5 Å².